The monoisotopic (exact) mass is 326 g/mol. The molecule has 0 aromatic carbocycles. The van der Waals surface area contributed by atoms with Crippen molar-refractivity contribution in [1.29, 1.82) is 0 Å². The van der Waals surface area contributed by atoms with Crippen LogP contribution in [0.4, 0.5) is 9.59 Å². The second-order valence-electron chi connectivity index (χ2n) is 7.62. The lowest BCUT2D eigenvalue weighted by molar-refractivity contribution is -0.121. The van der Waals surface area contributed by atoms with Gasteiger partial charge in [-0.05, 0) is 48.5 Å². The smallest absolute Gasteiger partial charge is 0.310 e. The Morgan fingerprint density at radius 3 is 1.57 bits per heavy atom. The first-order valence-corrected chi connectivity index (χ1v) is 7.50. The van der Waals surface area contributed by atoms with E-state index in [4.69, 9.17) is 0 Å². The van der Waals surface area contributed by atoms with Crippen molar-refractivity contribution >= 4 is 23.9 Å². The van der Waals surface area contributed by atoms with Gasteiger partial charge in [-0.2, -0.15) is 0 Å². The fraction of sp³-hybridized carbons (Fsp3) is 0.733. The first-order valence-electron chi connectivity index (χ1n) is 7.50. The van der Waals surface area contributed by atoms with E-state index >= 15 is 0 Å². The topological polar surface area (TPSA) is 98.8 Å². The molecule has 0 aromatic rings. The molecule has 0 aromatic heterocycles. The van der Waals surface area contributed by atoms with Crippen LogP contribution in [0.25, 0.3) is 0 Å². The maximum Gasteiger partial charge on any atom is 0.325 e. The fourth-order valence-corrected chi connectivity index (χ4v) is 2.43. The molecule has 2 aliphatic rings. The summed E-state index contributed by atoms with van der Waals surface area (Å²) in [5.74, 6) is -0.431. The van der Waals surface area contributed by atoms with Crippen molar-refractivity contribution in [3.8, 4) is 0 Å². The van der Waals surface area contributed by atoms with Crippen LogP contribution in [0.3, 0.4) is 0 Å². The summed E-state index contributed by atoms with van der Waals surface area (Å²) in [6, 6.07) is -0.931. The highest BCUT2D eigenvalue weighted by Crippen LogP contribution is 2.20. The Morgan fingerprint density at radius 2 is 1.39 bits per heavy atom. The maximum atomic E-state index is 11.2. The molecule has 0 spiro atoms. The van der Waals surface area contributed by atoms with Gasteiger partial charge in [-0.1, -0.05) is 0 Å². The van der Waals surface area contributed by atoms with Crippen LogP contribution >= 0.6 is 0 Å². The van der Waals surface area contributed by atoms with Gasteiger partial charge in [0.15, 0.2) is 0 Å². The molecule has 0 unspecified atom stereocenters. The standard InChI is InChI=1S/C8H14N2O2.C7H12N2O2/c1-5-6(11)9-7(12)10(5)8(2,3)4;1-7(2,3)9-4-5(10)8-6(9)11/h5H,1-4H3,(H,9,11,12);4H2,1-3H3,(H,8,10,11)/t5-;/m0./s1. The van der Waals surface area contributed by atoms with Gasteiger partial charge in [0.25, 0.3) is 5.91 Å². The normalized spacial score (nSPS) is 22.0. The zero-order valence-corrected chi connectivity index (χ0v) is 14.8. The van der Waals surface area contributed by atoms with Crippen molar-refractivity contribution in [3.63, 3.8) is 0 Å². The predicted molar refractivity (Wildman–Crippen MR) is 84.6 cm³/mol. The Hall–Kier alpha value is -2.12. The van der Waals surface area contributed by atoms with Gasteiger partial charge in [0.2, 0.25) is 5.91 Å². The second-order valence-corrected chi connectivity index (χ2v) is 7.62. The molecule has 8 nitrogen and oxygen atoms in total. The lowest BCUT2D eigenvalue weighted by atomic mass is 10.1. The number of imide groups is 2. The van der Waals surface area contributed by atoms with E-state index in [9.17, 15) is 19.2 Å². The van der Waals surface area contributed by atoms with E-state index in [2.05, 4.69) is 10.6 Å². The van der Waals surface area contributed by atoms with Gasteiger partial charge in [0.05, 0.1) is 0 Å². The molecule has 0 aliphatic carbocycles. The SMILES string of the molecule is CC(C)(C)N1CC(=O)NC1=O.C[C@H]1C(=O)NC(=O)N1C(C)(C)C. The number of amides is 6. The van der Waals surface area contributed by atoms with E-state index in [1.54, 1.807) is 11.8 Å². The lowest BCUT2D eigenvalue weighted by Gasteiger charge is -2.33. The number of hydrogen-bond acceptors (Lipinski definition) is 4. The molecule has 0 bridgehead atoms. The zero-order chi connectivity index (χ0) is 18.2. The van der Waals surface area contributed by atoms with Gasteiger partial charge in [0.1, 0.15) is 12.6 Å². The Bertz CT molecular complexity index is 531. The average molecular weight is 326 g/mol. The Balaban J connectivity index is 0.000000231. The summed E-state index contributed by atoms with van der Waals surface area (Å²) >= 11 is 0. The van der Waals surface area contributed by atoms with Crippen LogP contribution < -0.4 is 10.6 Å². The van der Waals surface area contributed by atoms with Crippen LogP contribution in [0.5, 0.6) is 0 Å². The largest absolute Gasteiger partial charge is 0.325 e. The first-order chi connectivity index (χ1) is 10.2. The van der Waals surface area contributed by atoms with Crippen molar-refractivity contribution in [2.45, 2.75) is 65.6 Å². The molecule has 2 saturated heterocycles. The lowest BCUT2D eigenvalue weighted by Crippen LogP contribution is -2.47. The summed E-state index contributed by atoms with van der Waals surface area (Å²) in [5.41, 5.74) is -0.564. The van der Waals surface area contributed by atoms with Crippen LogP contribution in [-0.2, 0) is 9.59 Å². The summed E-state index contributed by atoms with van der Waals surface area (Å²) in [4.78, 5) is 47.1. The van der Waals surface area contributed by atoms with E-state index in [0.29, 0.717) is 0 Å². The molecule has 6 amide bonds. The maximum absolute atomic E-state index is 11.2. The number of hydrogen-bond donors (Lipinski definition) is 2. The fourth-order valence-electron chi connectivity index (χ4n) is 2.43. The summed E-state index contributed by atoms with van der Waals surface area (Å²) in [6.45, 7) is 13.3. The van der Waals surface area contributed by atoms with Crippen LogP contribution in [0.2, 0.25) is 0 Å². The summed E-state index contributed by atoms with van der Waals surface area (Å²) in [6.07, 6.45) is 0. The minimum atomic E-state index is -0.350. The van der Waals surface area contributed by atoms with Crippen LogP contribution in [0, 0.1) is 0 Å². The first kappa shape index (κ1) is 18.9. The molecule has 130 valence electrons. The van der Waals surface area contributed by atoms with Gasteiger partial charge in [-0.25, -0.2) is 9.59 Å². The van der Waals surface area contributed by atoms with Gasteiger partial charge in [0, 0.05) is 11.1 Å². The zero-order valence-electron chi connectivity index (χ0n) is 14.8. The molecule has 23 heavy (non-hydrogen) atoms. The van der Waals surface area contributed by atoms with Gasteiger partial charge in [-0.3, -0.25) is 20.2 Å². The van der Waals surface area contributed by atoms with Crippen LogP contribution in [0.1, 0.15) is 48.5 Å². The van der Waals surface area contributed by atoms with Crippen molar-refractivity contribution in [1.82, 2.24) is 20.4 Å². The highest BCUT2D eigenvalue weighted by Gasteiger charge is 2.41. The number of carbonyl (C=O) groups is 4. The Kier molecular flexibility index (Phi) is 5.08. The summed E-state index contributed by atoms with van der Waals surface area (Å²) in [7, 11) is 0. The van der Waals surface area contributed by atoms with Crippen molar-refractivity contribution in [3.05, 3.63) is 0 Å². The quantitative estimate of drug-likeness (QED) is 0.650. The number of carbonyl (C=O) groups excluding carboxylic acids is 4. The molecule has 0 radical (unpaired) electrons. The third-order valence-electron chi connectivity index (χ3n) is 3.54. The van der Waals surface area contributed by atoms with E-state index in [1.807, 2.05) is 41.5 Å². The number of nitrogens with zero attached hydrogens (tertiary/aromatic N) is 2. The molecule has 2 heterocycles. The second kappa shape index (κ2) is 6.17. The number of urea groups is 2. The van der Waals surface area contributed by atoms with Gasteiger partial charge in [-0.15, -0.1) is 0 Å². The van der Waals surface area contributed by atoms with Crippen molar-refractivity contribution in [2.24, 2.45) is 0 Å². The summed E-state index contributed by atoms with van der Waals surface area (Å²) < 4.78 is 0. The van der Waals surface area contributed by atoms with E-state index in [-0.39, 0.29) is 47.5 Å². The third kappa shape index (κ3) is 4.43. The molecule has 1 atom stereocenters. The van der Waals surface area contributed by atoms with Crippen molar-refractivity contribution in [2.75, 3.05) is 6.54 Å². The molecule has 8 heteroatoms. The minimum absolute atomic E-state index is 0.183. The average Bonchev–Trinajstić information content (AvgIpc) is 2.78. The molecule has 0 saturated carbocycles. The van der Waals surface area contributed by atoms with E-state index in [0.717, 1.165) is 0 Å². The molecular formula is C15H26N4O4. The van der Waals surface area contributed by atoms with Crippen molar-refractivity contribution < 1.29 is 19.2 Å². The highest BCUT2D eigenvalue weighted by atomic mass is 16.2. The number of rotatable bonds is 0. The molecule has 2 rings (SSSR count). The number of nitrogens with one attached hydrogen (secondary N) is 2. The van der Waals surface area contributed by atoms with E-state index in [1.165, 1.54) is 4.90 Å². The van der Waals surface area contributed by atoms with Crippen LogP contribution in [0.15, 0.2) is 0 Å². The van der Waals surface area contributed by atoms with Crippen LogP contribution in [-0.4, -0.2) is 57.3 Å². The molecule has 2 aliphatic heterocycles. The van der Waals surface area contributed by atoms with Gasteiger partial charge < -0.3 is 9.80 Å². The summed E-state index contributed by atoms with van der Waals surface area (Å²) in [5, 5.41) is 4.49. The van der Waals surface area contributed by atoms with Gasteiger partial charge >= 0.3 is 12.1 Å². The highest BCUT2D eigenvalue weighted by molar-refractivity contribution is 6.04. The Labute approximate surface area is 136 Å². The minimum Gasteiger partial charge on any atom is -0.310 e. The van der Waals surface area contributed by atoms with E-state index < -0.39 is 0 Å². The third-order valence-corrected chi connectivity index (χ3v) is 3.54. The molecule has 2 fully saturated rings. The molecular weight excluding hydrogens is 300 g/mol. The predicted octanol–water partition coefficient (Wildman–Crippen LogP) is 1.06. The molecule has 2 N–H and O–H groups in total. The Morgan fingerprint density at radius 1 is 0.870 bits per heavy atom.